The summed E-state index contributed by atoms with van der Waals surface area (Å²) in [7, 11) is 0. The molecule has 0 spiro atoms. The number of quaternary nitrogens is 1. The highest BCUT2D eigenvalue weighted by atomic mass is 15.4. The lowest BCUT2D eigenvalue weighted by molar-refractivity contribution is -0.976. The second-order valence-electron chi connectivity index (χ2n) is 5.88. The molecular weight excluding hydrogens is 230 g/mol. The van der Waals surface area contributed by atoms with Gasteiger partial charge < -0.3 is 4.48 Å². The van der Waals surface area contributed by atoms with Gasteiger partial charge in [0.15, 0.2) is 0 Å². The zero-order valence-corrected chi connectivity index (χ0v) is 13.9. The molecule has 0 saturated carbocycles. The Hall–Kier alpha value is -0.560. The Bertz CT molecular complexity index is 227. The van der Waals surface area contributed by atoms with Crippen molar-refractivity contribution in [1.29, 1.82) is 0 Å². The van der Waals surface area contributed by atoms with E-state index in [9.17, 15) is 0 Å². The van der Waals surface area contributed by atoms with E-state index < -0.39 is 0 Å². The Balaban J connectivity index is 5.63. The van der Waals surface area contributed by atoms with Crippen molar-refractivity contribution in [2.45, 2.75) is 71.8 Å². The van der Waals surface area contributed by atoms with Crippen molar-refractivity contribution in [1.82, 2.24) is 0 Å². The van der Waals surface area contributed by atoms with Crippen LogP contribution in [0.25, 0.3) is 0 Å². The summed E-state index contributed by atoms with van der Waals surface area (Å²) in [6, 6.07) is 0. The highest BCUT2D eigenvalue weighted by Crippen LogP contribution is 2.37. The second kappa shape index (κ2) is 9.36. The first-order valence-corrected chi connectivity index (χ1v) is 8.19. The van der Waals surface area contributed by atoms with Gasteiger partial charge in [0.05, 0.1) is 19.6 Å². The van der Waals surface area contributed by atoms with Gasteiger partial charge in [0, 0.05) is 19.3 Å². The maximum absolute atomic E-state index is 4.03. The van der Waals surface area contributed by atoms with Crippen molar-refractivity contribution in [3.8, 4) is 0 Å². The van der Waals surface area contributed by atoms with Gasteiger partial charge in [0.25, 0.3) is 0 Å². The minimum atomic E-state index is 0.311. The highest BCUT2D eigenvalue weighted by molar-refractivity contribution is 4.94. The standard InChI is InChI=1S/C18H36N/c1-7-13-18(12-6,14-8-2)19(15-9-3,16-10-4)17-11-5/h7-8H,1-2,9-17H2,3-6H3/q+1. The third kappa shape index (κ3) is 4.21. The maximum Gasteiger partial charge on any atom is 0.106 e. The number of nitrogens with zero attached hydrogens (tertiary/aromatic N) is 1. The minimum Gasteiger partial charge on any atom is -0.318 e. The zero-order chi connectivity index (χ0) is 14.8. The van der Waals surface area contributed by atoms with Crippen molar-refractivity contribution < 1.29 is 4.48 Å². The molecule has 1 heteroatoms. The first kappa shape index (κ1) is 18.4. The Morgan fingerprint density at radius 3 is 1.37 bits per heavy atom. The van der Waals surface area contributed by atoms with Gasteiger partial charge in [-0.05, 0) is 19.3 Å². The lowest BCUT2D eigenvalue weighted by atomic mass is 9.82. The molecule has 0 radical (unpaired) electrons. The first-order chi connectivity index (χ1) is 9.11. The molecule has 0 saturated heterocycles. The fraction of sp³-hybridized carbons (Fsp3) is 0.778. The van der Waals surface area contributed by atoms with Crippen LogP contribution in [0.1, 0.15) is 66.2 Å². The molecular formula is C18H36N+. The Morgan fingerprint density at radius 1 is 0.789 bits per heavy atom. The number of rotatable bonds is 12. The van der Waals surface area contributed by atoms with Crippen LogP contribution in [-0.2, 0) is 0 Å². The molecule has 19 heavy (non-hydrogen) atoms. The summed E-state index contributed by atoms with van der Waals surface area (Å²) in [5.41, 5.74) is 0.311. The monoisotopic (exact) mass is 266 g/mol. The van der Waals surface area contributed by atoms with E-state index in [0.29, 0.717) is 5.54 Å². The topological polar surface area (TPSA) is 0 Å². The van der Waals surface area contributed by atoms with Gasteiger partial charge in [-0.3, -0.25) is 0 Å². The van der Waals surface area contributed by atoms with Crippen LogP contribution >= 0.6 is 0 Å². The molecule has 0 heterocycles. The lowest BCUT2D eigenvalue weighted by Crippen LogP contribution is -2.65. The summed E-state index contributed by atoms with van der Waals surface area (Å²) in [6.45, 7) is 21.2. The van der Waals surface area contributed by atoms with Crippen LogP contribution in [0, 0.1) is 0 Å². The summed E-state index contributed by atoms with van der Waals surface area (Å²) in [6.07, 6.45) is 11.5. The summed E-state index contributed by atoms with van der Waals surface area (Å²) in [4.78, 5) is 0. The lowest BCUT2D eigenvalue weighted by Gasteiger charge is -2.53. The van der Waals surface area contributed by atoms with Crippen LogP contribution in [0.4, 0.5) is 0 Å². The molecule has 0 unspecified atom stereocenters. The average molecular weight is 266 g/mol. The van der Waals surface area contributed by atoms with Crippen molar-refractivity contribution in [3.05, 3.63) is 25.3 Å². The maximum atomic E-state index is 4.03. The molecule has 0 aliphatic heterocycles. The van der Waals surface area contributed by atoms with E-state index in [2.05, 4.69) is 53.0 Å². The average Bonchev–Trinajstić information content (AvgIpc) is 2.39. The summed E-state index contributed by atoms with van der Waals surface area (Å²) in [5, 5.41) is 0. The van der Waals surface area contributed by atoms with E-state index in [1.807, 2.05) is 0 Å². The number of hydrogen-bond acceptors (Lipinski definition) is 0. The molecule has 0 aliphatic rings. The molecule has 0 aromatic heterocycles. The molecule has 0 N–H and O–H groups in total. The minimum absolute atomic E-state index is 0.311. The second-order valence-corrected chi connectivity index (χ2v) is 5.88. The molecule has 0 bridgehead atoms. The first-order valence-electron chi connectivity index (χ1n) is 8.19. The van der Waals surface area contributed by atoms with E-state index in [4.69, 9.17) is 0 Å². The Labute approximate surface area is 122 Å². The fourth-order valence-corrected chi connectivity index (χ4v) is 3.96. The summed E-state index contributed by atoms with van der Waals surface area (Å²) in [5.74, 6) is 0. The molecule has 0 atom stereocenters. The SMILES string of the molecule is C=CCC(CC)(CC=C)[N+](CCC)(CCC)CCC. The van der Waals surface area contributed by atoms with E-state index in [0.717, 1.165) is 12.8 Å². The van der Waals surface area contributed by atoms with E-state index in [1.54, 1.807) is 0 Å². The van der Waals surface area contributed by atoms with Crippen LogP contribution < -0.4 is 0 Å². The largest absolute Gasteiger partial charge is 0.318 e. The van der Waals surface area contributed by atoms with Gasteiger partial charge in [-0.1, -0.05) is 39.8 Å². The summed E-state index contributed by atoms with van der Waals surface area (Å²) < 4.78 is 1.25. The smallest absolute Gasteiger partial charge is 0.106 e. The van der Waals surface area contributed by atoms with E-state index in [1.165, 1.54) is 49.8 Å². The van der Waals surface area contributed by atoms with Crippen LogP contribution in [0.5, 0.6) is 0 Å². The van der Waals surface area contributed by atoms with Crippen molar-refractivity contribution >= 4 is 0 Å². The third-order valence-corrected chi connectivity index (χ3v) is 4.67. The molecule has 0 aromatic rings. The van der Waals surface area contributed by atoms with Crippen LogP contribution in [-0.4, -0.2) is 29.7 Å². The van der Waals surface area contributed by atoms with Gasteiger partial charge in [0.1, 0.15) is 5.54 Å². The molecule has 0 aromatic carbocycles. The van der Waals surface area contributed by atoms with Crippen LogP contribution in [0.15, 0.2) is 25.3 Å². The van der Waals surface area contributed by atoms with Crippen LogP contribution in [0.3, 0.4) is 0 Å². The Morgan fingerprint density at radius 2 is 1.16 bits per heavy atom. The normalized spacial score (nSPS) is 12.4. The van der Waals surface area contributed by atoms with E-state index in [-0.39, 0.29) is 0 Å². The predicted octanol–water partition coefficient (Wildman–Crippen LogP) is 5.33. The van der Waals surface area contributed by atoms with E-state index >= 15 is 0 Å². The fourth-order valence-electron chi connectivity index (χ4n) is 3.96. The van der Waals surface area contributed by atoms with Crippen molar-refractivity contribution in [2.24, 2.45) is 0 Å². The van der Waals surface area contributed by atoms with Gasteiger partial charge in [0.2, 0.25) is 0 Å². The van der Waals surface area contributed by atoms with Gasteiger partial charge in [-0.25, -0.2) is 0 Å². The predicted molar refractivity (Wildman–Crippen MR) is 88.4 cm³/mol. The molecule has 112 valence electrons. The Kier molecular flexibility index (Phi) is 9.08. The van der Waals surface area contributed by atoms with Gasteiger partial charge in [-0.15, -0.1) is 13.2 Å². The molecule has 0 rings (SSSR count). The van der Waals surface area contributed by atoms with Crippen molar-refractivity contribution in [3.63, 3.8) is 0 Å². The van der Waals surface area contributed by atoms with Gasteiger partial charge >= 0.3 is 0 Å². The zero-order valence-electron chi connectivity index (χ0n) is 13.9. The highest BCUT2D eigenvalue weighted by Gasteiger charge is 2.46. The molecule has 1 nitrogen and oxygen atoms in total. The number of hydrogen-bond donors (Lipinski definition) is 0. The van der Waals surface area contributed by atoms with Gasteiger partial charge in [-0.2, -0.15) is 0 Å². The summed E-state index contributed by atoms with van der Waals surface area (Å²) >= 11 is 0. The molecule has 0 fully saturated rings. The quantitative estimate of drug-likeness (QED) is 0.331. The third-order valence-electron chi connectivity index (χ3n) is 4.67. The molecule has 0 amide bonds. The van der Waals surface area contributed by atoms with Crippen molar-refractivity contribution in [2.75, 3.05) is 19.6 Å². The van der Waals surface area contributed by atoms with Crippen LogP contribution in [0.2, 0.25) is 0 Å². The molecule has 0 aliphatic carbocycles.